The van der Waals surface area contributed by atoms with Crippen molar-refractivity contribution in [1.82, 2.24) is 0 Å². The molecule has 0 aliphatic rings. The Kier molecular flexibility index (Phi) is 12.8. The van der Waals surface area contributed by atoms with E-state index in [0.717, 1.165) is 12.1 Å². The highest BCUT2D eigenvalue weighted by atomic mass is 16.1. The number of carbonyl (C=O) groups is 1. The maximum Gasteiger partial charge on any atom is 0.248 e. The molecule has 134 valence electrons. The van der Waals surface area contributed by atoms with E-state index in [1.807, 2.05) is 36.4 Å². The second-order valence-electron chi connectivity index (χ2n) is 6.58. The van der Waals surface area contributed by atoms with Gasteiger partial charge in [-0.3, -0.25) is 4.79 Å². The average molecular weight is 330 g/mol. The molecule has 0 saturated carbocycles. The Labute approximate surface area is 148 Å². The van der Waals surface area contributed by atoms with Gasteiger partial charge in [-0.25, -0.2) is 0 Å². The second-order valence-corrected chi connectivity index (χ2v) is 6.58. The van der Waals surface area contributed by atoms with Crippen molar-refractivity contribution in [2.45, 2.75) is 84.0 Å². The van der Waals surface area contributed by atoms with Gasteiger partial charge in [-0.2, -0.15) is 0 Å². The van der Waals surface area contributed by atoms with Gasteiger partial charge in [-0.1, -0.05) is 95.4 Å². The molecule has 0 aliphatic carbocycles. The highest BCUT2D eigenvalue weighted by Crippen LogP contribution is 2.12. The molecule has 0 spiro atoms. The molecule has 0 aromatic heterocycles. The van der Waals surface area contributed by atoms with Gasteiger partial charge in [0.25, 0.3) is 0 Å². The van der Waals surface area contributed by atoms with Crippen LogP contribution < -0.4 is 5.32 Å². The van der Waals surface area contributed by atoms with E-state index < -0.39 is 0 Å². The van der Waals surface area contributed by atoms with Gasteiger partial charge in [-0.15, -0.1) is 0 Å². The van der Waals surface area contributed by atoms with E-state index in [-0.39, 0.29) is 5.91 Å². The normalized spacial score (nSPS) is 11.0. The number of rotatable bonds is 14. The van der Waals surface area contributed by atoms with Crippen LogP contribution in [0.1, 0.15) is 84.0 Å². The van der Waals surface area contributed by atoms with Gasteiger partial charge in [0.05, 0.1) is 0 Å². The van der Waals surface area contributed by atoms with Crippen molar-refractivity contribution in [1.29, 1.82) is 0 Å². The molecule has 2 nitrogen and oxygen atoms in total. The van der Waals surface area contributed by atoms with Crippen LogP contribution in [0.2, 0.25) is 0 Å². The lowest BCUT2D eigenvalue weighted by molar-refractivity contribution is -0.111. The first kappa shape index (κ1) is 20.5. The lowest BCUT2D eigenvalue weighted by Crippen LogP contribution is -2.07. The summed E-state index contributed by atoms with van der Waals surface area (Å²) in [6, 6.07) is 9.58. The molecular formula is C22H35NO. The number of benzene rings is 1. The number of nitrogens with one attached hydrogen (secondary N) is 1. The van der Waals surface area contributed by atoms with Crippen molar-refractivity contribution in [3.63, 3.8) is 0 Å². The fourth-order valence-electron chi connectivity index (χ4n) is 2.82. The Morgan fingerprint density at radius 1 is 0.833 bits per heavy atom. The van der Waals surface area contributed by atoms with Crippen LogP contribution in [0.4, 0.5) is 5.69 Å². The zero-order chi connectivity index (χ0) is 17.3. The minimum atomic E-state index is -0.0377. The molecule has 1 rings (SSSR count). The molecule has 1 N–H and O–H groups in total. The lowest BCUT2D eigenvalue weighted by atomic mass is 10.1. The standard InChI is InChI=1S/C22H35NO/c1-2-3-4-5-6-7-8-9-10-11-12-13-17-20-22(24)23-21-18-15-14-16-19-21/h14-20H,2-13H2,1H3,(H,23,24). The third-order valence-corrected chi connectivity index (χ3v) is 4.28. The van der Waals surface area contributed by atoms with Crippen molar-refractivity contribution >= 4 is 11.6 Å². The van der Waals surface area contributed by atoms with E-state index in [4.69, 9.17) is 0 Å². The molecule has 0 radical (unpaired) electrons. The Morgan fingerprint density at radius 3 is 1.96 bits per heavy atom. The molecule has 0 bridgehead atoms. The maximum absolute atomic E-state index is 11.7. The average Bonchev–Trinajstić information content (AvgIpc) is 2.60. The number of hydrogen-bond donors (Lipinski definition) is 1. The number of anilines is 1. The topological polar surface area (TPSA) is 29.1 Å². The van der Waals surface area contributed by atoms with Gasteiger partial charge in [0.15, 0.2) is 0 Å². The summed E-state index contributed by atoms with van der Waals surface area (Å²) in [5.41, 5.74) is 0.849. The largest absolute Gasteiger partial charge is 0.323 e. The first-order valence-corrected chi connectivity index (χ1v) is 9.85. The number of allylic oxidation sites excluding steroid dienone is 1. The molecule has 1 aromatic carbocycles. The fourth-order valence-corrected chi connectivity index (χ4v) is 2.82. The Balaban J connectivity index is 1.88. The van der Waals surface area contributed by atoms with Crippen LogP contribution >= 0.6 is 0 Å². The Bertz CT molecular complexity index is 439. The maximum atomic E-state index is 11.7. The van der Waals surface area contributed by atoms with Gasteiger partial charge in [0.1, 0.15) is 0 Å². The molecule has 0 aliphatic heterocycles. The smallest absolute Gasteiger partial charge is 0.248 e. The summed E-state index contributed by atoms with van der Waals surface area (Å²) < 4.78 is 0. The zero-order valence-corrected chi connectivity index (χ0v) is 15.4. The summed E-state index contributed by atoms with van der Waals surface area (Å²) in [6.07, 6.45) is 19.6. The first-order chi connectivity index (χ1) is 11.8. The quantitative estimate of drug-likeness (QED) is 0.292. The van der Waals surface area contributed by atoms with Crippen LogP contribution in [0.5, 0.6) is 0 Å². The molecular weight excluding hydrogens is 294 g/mol. The summed E-state index contributed by atoms with van der Waals surface area (Å²) in [7, 11) is 0. The van der Waals surface area contributed by atoms with E-state index >= 15 is 0 Å². The molecule has 0 atom stereocenters. The third kappa shape index (κ3) is 11.9. The fraction of sp³-hybridized carbons (Fsp3) is 0.591. The van der Waals surface area contributed by atoms with Gasteiger partial charge >= 0.3 is 0 Å². The predicted molar refractivity (Wildman–Crippen MR) is 105 cm³/mol. The Hall–Kier alpha value is -1.57. The number of amides is 1. The van der Waals surface area contributed by atoms with E-state index in [1.165, 1.54) is 70.6 Å². The van der Waals surface area contributed by atoms with Gasteiger partial charge < -0.3 is 5.32 Å². The van der Waals surface area contributed by atoms with Crippen molar-refractivity contribution in [2.24, 2.45) is 0 Å². The minimum absolute atomic E-state index is 0.0377. The molecule has 1 aromatic rings. The van der Waals surface area contributed by atoms with Gasteiger partial charge in [0.2, 0.25) is 5.91 Å². The molecule has 0 heterocycles. The Morgan fingerprint density at radius 2 is 1.38 bits per heavy atom. The van der Waals surface area contributed by atoms with Crippen LogP contribution in [0, 0.1) is 0 Å². The number of para-hydroxylation sites is 1. The van der Waals surface area contributed by atoms with Crippen molar-refractivity contribution in [3.05, 3.63) is 42.5 Å². The summed E-state index contributed by atoms with van der Waals surface area (Å²) in [6.45, 7) is 2.27. The van der Waals surface area contributed by atoms with E-state index in [1.54, 1.807) is 6.08 Å². The molecule has 1 amide bonds. The van der Waals surface area contributed by atoms with E-state index in [0.29, 0.717) is 0 Å². The SMILES string of the molecule is CCCCCCCCCCCCCC=CC(=O)Nc1ccccc1. The summed E-state index contributed by atoms with van der Waals surface area (Å²) >= 11 is 0. The van der Waals surface area contributed by atoms with Gasteiger partial charge in [0, 0.05) is 5.69 Å². The van der Waals surface area contributed by atoms with E-state index in [9.17, 15) is 4.79 Å². The number of hydrogen-bond acceptors (Lipinski definition) is 1. The summed E-state index contributed by atoms with van der Waals surface area (Å²) in [5.74, 6) is -0.0377. The summed E-state index contributed by atoms with van der Waals surface area (Å²) in [5, 5.41) is 2.86. The minimum Gasteiger partial charge on any atom is -0.323 e. The predicted octanol–water partition coefficient (Wildman–Crippen LogP) is 6.88. The monoisotopic (exact) mass is 329 g/mol. The molecule has 24 heavy (non-hydrogen) atoms. The first-order valence-electron chi connectivity index (χ1n) is 9.85. The zero-order valence-electron chi connectivity index (χ0n) is 15.4. The highest BCUT2D eigenvalue weighted by molar-refractivity contribution is 5.99. The summed E-state index contributed by atoms with van der Waals surface area (Å²) in [4.78, 5) is 11.7. The third-order valence-electron chi connectivity index (χ3n) is 4.28. The van der Waals surface area contributed by atoms with Crippen LogP contribution in [-0.2, 0) is 4.79 Å². The second kappa shape index (κ2) is 15.0. The van der Waals surface area contributed by atoms with Crippen LogP contribution in [-0.4, -0.2) is 5.91 Å². The molecule has 2 heteroatoms. The van der Waals surface area contributed by atoms with Crippen molar-refractivity contribution in [2.75, 3.05) is 5.32 Å². The molecule has 0 fully saturated rings. The van der Waals surface area contributed by atoms with E-state index in [2.05, 4.69) is 12.2 Å². The van der Waals surface area contributed by atoms with Crippen molar-refractivity contribution < 1.29 is 4.79 Å². The van der Waals surface area contributed by atoms with Crippen molar-refractivity contribution in [3.8, 4) is 0 Å². The highest BCUT2D eigenvalue weighted by Gasteiger charge is 1.96. The van der Waals surface area contributed by atoms with Crippen LogP contribution in [0.3, 0.4) is 0 Å². The van der Waals surface area contributed by atoms with Crippen LogP contribution in [0.15, 0.2) is 42.5 Å². The number of unbranched alkanes of at least 4 members (excludes halogenated alkanes) is 11. The van der Waals surface area contributed by atoms with Crippen LogP contribution in [0.25, 0.3) is 0 Å². The molecule has 0 unspecified atom stereocenters. The number of carbonyl (C=O) groups excluding carboxylic acids is 1. The lowest BCUT2D eigenvalue weighted by Gasteiger charge is -2.02. The molecule has 0 saturated heterocycles. The van der Waals surface area contributed by atoms with Gasteiger partial charge in [-0.05, 0) is 31.1 Å².